The van der Waals surface area contributed by atoms with Gasteiger partial charge in [0.2, 0.25) is 5.88 Å². The zero-order valence-corrected chi connectivity index (χ0v) is 21.9. The van der Waals surface area contributed by atoms with Crippen molar-refractivity contribution in [1.29, 1.82) is 0 Å². The van der Waals surface area contributed by atoms with Gasteiger partial charge in [-0.2, -0.15) is 13.2 Å². The van der Waals surface area contributed by atoms with Crippen molar-refractivity contribution in [2.45, 2.75) is 51.4 Å². The second-order valence-electron chi connectivity index (χ2n) is 10.1. The molecule has 12 heteroatoms. The van der Waals surface area contributed by atoms with Crippen LogP contribution < -0.4 is 4.74 Å². The molecule has 1 aromatic carbocycles. The highest BCUT2D eigenvalue weighted by molar-refractivity contribution is 5.79. The number of alkyl halides is 3. The standard InChI is InChI=1S/C28H25F4N7O/c1-15(2)39-13-21(28(30,31)32)36-26(39)19-7-4-16(10-20(19)29)12-38-9-8-18-11-33-24(37-25(18)38)22-23(17-5-6-17)34-14-35-27(22)40-3/h4,7-11,13-15,17H,5-6,12H2,1-3H3. The molecule has 40 heavy (non-hydrogen) atoms. The Hall–Kier alpha value is -4.35. The fraction of sp³-hybridized carbons (Fsp3) is 0.321. The predicted octanol–water partition coefficient (Wildman–Crippen LogP) is 6.42. The van der Waals surface area contributed by atoms with Gasteiger partial charge in [-0.25, -0.2) is 29.3 Å². The van der Waals surface area contributed by atoms with E-state index in [0.29, 0.717) is 34.4 Å². The Bertz CT molecular complexity index is 1720. The number of halogens is 4. The Morgan fingerprint density at radius 2 is 1.88 bits per heavy atom. The third-order valence-electron chi connectivity index (χ3n) is 6.93. The molecular weight excluding hydrogens is 526 g/mol. The molecule has 1 aliphatic carbocycles. The van der Waals surface area contributed by atoms with E-state index < -0.39 is 17.7 Å². The molecule has 4 aromatic heterocycles. The fourth-order valence-corrected chi connectivity index (χ4v) is 4.79. The Labute approximate surface area is 226 Å². The van der Waals surface area contributed by atoms with Crippen LogP contribution in [0.5, 0.6) is 5.88 Å². The molecule has 1 aliphatic rings. The van der Waals surface area contributed by atoms with Gasteiger partial charge in [-0.05, 0) is 50.5 Å². The van der Waals surface area contributed by atoms with Crippen LogP contribution in [0.2, 0.25) is 0 Å². The highest BCUT2D eigenvalue weighted by Gasteiger charge is 2.36. The van der Waals surface area contributed by atoms with Crippen molar-refractivity contribution < 1.29 is 22.3 Å². The van der Waals surface area contributed by atoms with Gasteiger partial charge >= 0.3 is 6.18 Å². The van der Waals surface area contributed by atoms with E-state index in [2.05, 4.69) is 19.9 Å². The van der Waals surface area contributed by atoms with E-state index in [1.807, 2.05) is 16.8 Å². The molecule has 1 saturated carbocycles. The van der Waals surface area contributed by atoms with Gasteiger partial charge in [-0.1, -0.05) is 6.07 Å². The maximum Gasteiger partial charge on any atom is 0.434 e. The first-order valence-electron chi connectivity index (χ1n) is 12.8. The molecule has 0 radical (unpaired) electrons. The molecule has 0 atom stereocenters. The number of fused-ring (bicyclic) bond motifs is 1. The first kappa shape index (κ1) is 25.9. The fourth-order valence-electron chi connectivity index (χ4n) is 4.79. The van der Waals surface area contributed by atoms with E-state index in [1.54, 1.807) is 33.2 Å². The largest absolute Gasteiger partial charge is 0.480 e. The minimum Gasteiger partial charge on any atom is -0.480 e. The lowest BCUT2D eigenvalue weighted by Gasteiger charge is -2.13. The van der Waals surface area contributed by atoms with Crippen LogP contribution in [0, 0.1) is 5.82 Å². The normalized spacial score (nSPS) is 13.9. The highest BCUT2D eigenvalue weighted by atomic mass is 19.4. The number of hydrogen-bond acceptors (Lipinski definition) is 6. The molecule has 0 aliphatic heterocycles. The summed E-state index contributed by atoms with van der Waals surface area (Å²) in [7, 11) is 1.54. The number of methoxy groups -OCH3 is 1. The average molecular weight is 552 g/mol. The summed E-state index contributed by atoms with van der Waals surface area (Å²) in [4.78, 5) is 21.8. The van der Waals surface area contributed by atoms with Crippen LogP contribution in [0.4, 0.5) is 17.6 Å². The quantitative estimate of drug-likeness (QED) is 0.217. The molecule has 0 N–H and O–H groups in total. The van der Waals surface area contributed by atoms with Crippen LogP contribution >= 0.6 is 0 Å². The summed E-state index contributed by atoms with van der Waals surface area (Å²) in [5.41, 5.74) is 1.70. The summed E-state index contributed by atoms with van der Waals surface area (Å²) < 4.78 is 63.9. The van der Waals surface area contributed by atoms with Crippen LogP contribution in [0.1, 0.15) is 55.6 Å². The number of rotatable bonds is 7. The molecule has 1 fully saturated rings. The Morgan fingerprint density at radius 1 is 1.07 bits per heavy atom. The van der Waals surface area contributed by atoms with Gasteiger partial charge in [0, 0.05) is 42.5 Å². The lowest BCUT2D eigenvalue weighted by Crippen LogP contribution is -2.05. The van der Waals surface area contributed by atoms with Gasteiger partial charge in [0.15, 0.2) is 11.5 Å². The van der Waals surface area contributed by atoms with Crippen LogP contribution in [-0.2, 0) is 12.7 Å². The molecule has 0 bridgehead atoms. The Morgan fingerprint density at radius 3 is 2.55 bits per heavy atom. The topological polar surface area (TPSA) is 83.5 Å². The summed E-state index contributed by atoms with van der Waals surface area (Å²) in [6, 6.07) is 5.98. The molecule has 4 heterocycles. The monoisotopic (exact) mass is 551 g/mol. The van der Waals surface area contributed by atoms with Crippen molar-refractivity contribution >= 4 is 11.0 Å². The van der Waals surface area contributed by atoms with Crippen LogP contribution in [-0.4, -0.2) is 41.2 Å². The third kappa shape index (κ3) is 4.67. The zero-order valence-electron chi connectivity index (χ0n) is 21.9. The number of benzene rings is 1. The van der Waals surface area contributed by atoms with Crippen molar-refractivity contribution in [3.63, 3.8) is 0 Å². The first-order chi connectivity index (χ1) is 19.1. The van der Waals surface area contributed by atoms with Gasteiger partial charge in [-0.3, -0.25) is 0 Å². The number of hydrogen-bond donors (Lipinski definition) is 0. The maximum absolute atomic E-state index is 15.3. The van der Waals surface area contributed by atoms with Gasteiger partial charge in [0.1, 0.15) is 29.2 Å². The lowest BCUT2D eigenvalue weighted by molar-refractivity contribution is -0.140. The van der Waals surface area contributed by atoms with E-state index in [0.717, 1.165) is 30.1 Å². The minimum absolute atomic E-state index is 0.00120. The van der Waals surface area contributed by atoms with Gasteiger partial charge in [-0.15, -0.1) is 0 Å². The zero-order chi connectivity index (χ0) is 28.2. The molecular formula is C28H25F4N7O. The number of ether oxygens (including phenoxy) is 1. The lowest BCUT2D eigenvalue weighted by atomic mass is 10.1. The number of nitrogens with zero attached hydrogens (tertiary/aromatic N) is 7. The molecule has 6 rings (SSSR count). The Balaban J connectivity index is 1.35. The first-order valence-corrected chi connectivity index (χ1v) is 12.8. The van der Waals surface area contributed by atoms with E-state index in [4.69, 9.17) is 9.72 Å². The van der Waals surface area contributed by atoms with Gasteiger partial charge in [0.05, 0.1) is 18.4 Å². The molecule has 0 amide bonds. The molecule has 8 nitrogen and oxygen atoms in total. The van der Waals surface area contributed by atoms with Crippen LogP contribution in [0.3, 0.4) is 0 Å². The van der Waals surface area contributed by atoms with Crippen molar-refractivity contribution in [1.82, 2.24) is 34.1 Å². The van der Waals surface area contributed by atoms with Crippen molar-refractivity contribution in [2.24, 2.45) is 0 Å². The maximum atomic E-state index is 15.3. The number of imidazole rings is 1. The van der Waals surface area contributed by atoms with E-state index in [-0.39, 0.29) is 24.0 Å². The van der Waals surface area contributed by atoms with Crippen LogP contribution in [0.25, 0.3) is 33.8 Å². The highest BCUT2D eigenvalue weighted by Crippen LogP contribution is 2.45. The molecule has 206 valence electrons. The molecule has 0 spiro atoms. The summed E-state index contributed by atoms with van der Waals surface area (Å²) in [5, 5.41) is 0.795. The summed E-state index contributed by atoms with van der Waals surface area (Å²) >= 11 is 0. The van der Waals surface area contributed by atoms with Gasteiger partial charge in [0.25, 0.3) is 0 Å². The predicted molar refractivity (Wildman–Crippen MR) is 139 cm³/mol. The Kier molecular flexibility index (Phi) is 6.27. The smallest absolute Gasteiger partial charge is 0.434 e. The summed E-state index contributed by atoms with van der Waals surface area (Å²) in [5.74, 6) is 0.430. The summed E-state index contributed by atoms with van der Waals surface area (Å²) in [6.45, 7) is 3.72. The minimum atomic E-state index is -4.63. The molecule has 5 aromatic rings. The molecule has 0 saturated heterocycles. The van der Waals surface area contributed by atoms with Crippen molar-refractivity contribution in [2.75, 3.05) is 7.11 Å². The second kappa shape index (κ2) is 9.68. The number of aromatic nitrogens is 7. The third-order valence-corrected chi connectivity index (χ3v) is 6.93. The molecule has 0 unspecified atom stereocenters. The van der Waals surface area contributed by atoms with Crippen LogP contribution in [0.15, 0.2) is 49.2 Å². The second-order valence-corrected chi connectivity index (χ2v) is 10.1. The SMILES string of the molecule is COc1ncnc(C2CC2)c1-c1ncc2ccn(Cc3ccc(-c4nc(C(F)(F)F)cn4C(C)C)c(F)c3)c2n1. The van der Waals surface area contributed by atoms with E-state index >= 15 is 4.39 Å². The van der Waals surface area contributed by atoms with E-state index in [9.17, 15) is 13.2 Å². The van der Waals surface area contributed by atoms with Crippen molar-refractivity contribution in [3.05, 3.63) is 72.0 Å². The van der Waals surface area contributed by atoms with E-state index in [1.165, 1.54) is 23.0 Å². The average Bonchev–Trinajstić information content (AvgIpc) is 3.54. The van der Waals surface area contributed by atoms with Gasteiger partial charge < -0.3 is 13.9 Å². The summed E-state index contributed by atoms with van der Waals surface area (Å²) in [6.07, 6.45) is 3.37. The van der Waals surface area contributed by atoms with Crippen molar-refractivity contribution in [3.8, 4) is 28.7 Å².